The predicted octanol–water partition coefficient (Wildman–Crippen LogP) is 3.12. The lowest BCUT2D eigenvalue weighted by molar-refractivity contribution is -0.115. The van der Waals surface area contributed by atoms with E-state index in [0.29, 0.717) is 18.2 Å². The third-order valence-electron chi connectivity index (χ3n) is 2.71. The smallest absolute Gasteiger partial charge is 0.238 e. The maximum atomic E-state index is 11.9. The molecule has 6 heteroatoms. The highest BCUT2D eigenvalue weighted by Crippen LogP contribution is 2.15. The lowest BCUT2D eigenvalue weighted by atomic mass is 10.3. The fraction of sp³-hybridized carbons (Fsp3) is 0.333. The lowest BCUT2D eigenvalue weighted by Gasteiger charge is -2.11. The molecule has 0 spiro atoms. The van der Waals surface area contributed by atoms with Crippen molar-refractivity contribution in [2.45, 2.75) is 19.1 Å². The molecule has 2 aromatic rings. The Bertz CT molecular complexity index is 571. The van der Waals surface area contributed by atoms with Crippen LogP contribution in [0.2, 0.25) is 0 Å². The molecule has 1 amide bonds. The highest BCUT2D eigenvalue weighted by Gasteiger charge is 2.14. The first-order valence-electron chi connectivity index (χ1n) is 6.69. The van der Waals surface area contributed by atoms with Crippen molar-refractivity contribution in [3.05, 3.63) is 42.2 Å². The molecule has 1 heterocycles. The summed E-state index contributed by atoms with van der Waals surface area (Å²) in [6, 6.07) is 11.3. The Morgan fingerprint density at radius 3 is 2.86 bits per heavy atom. The van der Waals surface area contributed by atoms with Gasteiger partial charge in [0.1, 0.15) is 11.5 Å². The fourth-order valence-corrected chi connectivity index (χ4v) is 2.37. The second-order valence-electron chi connectivity index (χ2n) is 4.49. The van der Waals surface area contributed by atoms with Crippen LogP contribution < -0.4 is 10.1 Å². The third kappa shape index (κ3) is 5.15. The average Bonchev–Trinajstić information content (AvgIpc) is 2.89. The van der Waals surface area contributed by atoms with Crippen molar-refractivity contribution in [1.29, 1.82) is 0 Å². The van der Waals surface area contributed by atoms with Gasteiger partial charge in [-0.15, -0.1) is 11.8 Å². The van der Waals surface area contributed by atoms with Crippen LogP contribution in [0.4, 0.5) is 5.82 Å². The van der Waals surface area contributed by atoms with E-state index in [0.717, 1.165) is 11.5 Å². The van der Waals surface area contributed by atoms with Crippen molar-refractivity contribution in [1.82, 2.24) is 5.16 Å². The van der Waals surface area contributed by atoms with Gasteiger partial charge in [-0.3, -0.25) is 4.79 Å². The first-order chi connectivity index (χ1) is 10.1. The highest BCUT2D eigenvalue weighted by atomic mass is 32.2. The maximum Gasteiger partial charge on any atom is 0.238 e. The van der Waals surface area contributed by atoms with Crippen LogP contribution in [0.3, 0.4) is 0 Å². The topological polar surface area (TPSA) is 64.4 Å². The van der Waals surface area contributed by atoms with Crippen LogP contribution in [-0.2, 0) is 4.79 Å². The molecule has 0 aliphatic rings. The van der Waals surface area contributed by atoms with E-state index in [4.69, 9.17) is 9.26 Å². The first kappa shape index (κ1) is 15.4. The van der Waals surface area contributed by atoms with Gasteiger partial charge < -0.3 is 14.6 Å². The van der Waals surface area contributed by atoms with Crippen LogP contribution in [-0.4, -0.2) is 28.7 Å². The van der Waals surface area contributed by atoms with Crippen LogP contribution in [0.5, 0.6) is 5.75 Å². The summed E-state index contributed by atoms with van der Waals surface area (Å²) in [6.07, 6.45) is 0. The largest absolute Gasteiger partial charge is 0.493 e. The number of carbonyl (C=O) groups excluding carboxylic acids is 1. The van der Waals surface area contributed by atoms with Gasteiger partial charge in [-0.1, -0.05) is 23.4 Å². The summed E-state index contributed by atoms with van der Waals surface area (Å²) >= 11 is 1.53. The second kappa shape index (κ2) is 7.73. The fourth-order valence-electron chi connectivity index (χ4n) is 1.63. The van der Waals surface area contributed by atoms with E-state index in [1.165, 1.54) is 11.8 Å². The number of aromatic nitrogens is 1. The molecule has 1 aromatic heterocycles. The quantitative estimate of drug-likeness (QED) is 0.796. The molecular formula is C15H18N2O3S. The summed E-state index contributed by atoms with van der Waals surface area (Å²) in [7, 11) is 0. The maximum absolute atomic E-state index is 11.9. The number of hydrogen-bond acceptors (Lipinski definition) is 5. The third-order valence-corrected chi connectivity index (χ3v) is 3.83. The van der Waals surface area contributed by atoms with Gasteiger partial charge in [0.15, 0.2) is 5.82 Å². The minimum absolute atomic E-state index is 0.0898. The Morgan fingerprint density at radius 2 is 2.19 bits per heavy atom. The molecule has 1 atom stereocenters. The zero-order valence-electron chi connectivity index (χ0n) is 12.0. The van der Waals surface area contributed by atoms with Crippen molar-refractivity contribution in [3.63, 3.8) is 0 Å². The summed E-state index contributed by atoms with van der Waals surface area (Å²) in [5, 5.41) is 6.27. The molecule has 21 heavy (non-hydrogen) atoms. The minimum atomic E-state index is -0.179. The van der Waals surface area contributed by atoms with Gasteiger partial charge in [0.05, 0.1) is 11.9 Å². The van der Waals surface area contributed by atoms with E-state index in [1.807, 2.05) is 37.3 Å². The normalized spacial score (nSPS) is 11.9. The van der Waals surface area contributed by atoms with Crippen molar-refractivity contribution < 1.29 is 14.1 Å². The molecule has 5 nitrogen and oxygen atoms in total. The monoisotopic (exact) mass is 306 g/mol. The first-order valence-corrected chi connectivity index (χ1v) is 7.73. The molecule has 0 aliphatic heterocycles. The standard InChI is InChI=1S/C15H18N2O3S/c1-11-10-14(17-20-11)16-15(18)12(2)21-9-8-19-13-6-4-3-5-7-13/h3-7,10,12H,8-9H2,1-2H3,(H,16,17,18). The summed E-state index contributed by atoms with van der Waals surface area (Å²) in [5.41, 5.74) is 0. The number of nitrogens with one attached hydrogen (secondary N) is 1. The Kier molecular flexibility index (Phi) is 5.68. The Balaban J connectivity index is 1.67. The number of rotatable bonds is 7. The number of carbonyl (C=O) groups is 1. The molecule has 1 N–H and O–H groups in total. The van der Waals surface area contributed by atoms with Gasteiger partial charge in [0.25, 0.3) is 0 Å². The molecule has 0 saturated carbocycles. The van der Waals surface area contributed by atoms with Crippen molar-refractivity contribution in [2.24, 2.45) is 0 Å². The average molecular weight is 306 g/mol. The molecule has 0 fully saturated rings. The number of anilines is 1. The van der Waals surface area contributed by atoms with Crippen molar-refractivity contribution in [2.75, 3.05) is 17.7 Å². The van der Waals surface area contributed by atoms with E-state index in [2.05, 4.69) is 10.5 Å². The van der Waals surface area contributed by atoms with Crippen LogP contribution in [0.25, 0.3) is 0 Å². The molecule has 112 valence electrons. The van der Waals surface area contributed by atoms with E-state index < -0.39 is 0 Å². The van der Waals surface area contributed by atoms with Crippen molar-refractivity contribution >= 4 is 23.5 Å². The van der Waals surface area contributed by atoms with Gasteiger partial charge >= 0.3 is 0 Å². The number of aryl methyl sites for hydroxylation is 1. The summed E-state index contributed by atoms with van der Waals surface area (Å²) in [5.74, 6) is 2.61. The molecule has 0 saturated heterocycles. The lowest BCUT2D eigenvalue weighted by Crippen LogP contribution is -2.23. The van der Waals surface area contributed by atoms with Crippen LogP contribution in [0.15, 0.2) is 40.9 Å². The number of para-hydroxylation sites is 1. The molecule has 0 aliphatic carbocycles. The predicted molar refractivity (Wildman–Crippen MR) is 83.7 cm³/mol. The summed E-state index contributed by atoms with van der Waals surface area (Å²) < 4.78 is 10.5. The Morgan fingerprint density at radius 1 is 1.43 bits per heavy atom. The van der Waals surface area contributed by atoms with Gasteiger partial charge in [0, 0.05) is 11.8 Å². The SMILES string of the molecule is Cc1cc(NC(=O)C(C)SCCOc2ccccc2)no1. The van der Waals surface area contributed by atoms with Gasteiger partial charge in [-0.05, 0) is 26.0 Å². The number of benzene rings is 1. The second-order valence-corrected chi connectivity index (χ2v) is 5.94. The molecule has 1 aromatic carbocycles. The number of nitrogens with zero attached hydrogens (tertiary/aromatic N) is 1. The van der Waals surface area contributed by atoms with Crippen LogP contribution >= 0.6 is 11.8 Å². The minimum Gasteiger partial charge on any atom is -0.493 e. The molecule has 0 radical (unpaired) electrons. The van der Waals surface area contributed by atoms with Crippen molar-refractivity contribution in [3.8, 4) is 5.75 Å². The van der Waals surface area contributed by atoms with Gasteiger partial charge in [0.2, 0.25) is 5.91 Å². The molecule has 1 unspecified atom stereocenters. The Hall–Kier alpha value is -1.95. The zero-order valence-corrected chi connectivity index (χ0v) is 12.9. The van der Waals surface area contributed by atoms with E-state index in [-0.39, 0.29) is 11.2 Å². The molecule has 0 bridgehead atoms. The molecule has 2 rings (SSSR count). The van der Waals surface area contributed by atoms with E-state index in [1.54, 1.807) is 13.0 Å². The summed E-state index contributed by atoms with van der Waals surface area (Å²) in [6.45, 7) is 4.20. The molecular weight excluding hydrogens is 288 g/mol. The number of thioether (sulfide) groups is 1. The van der Waals surface area contributed by atoms with Gasteiger partial charge in [-0.2, -0.15) is 0 Å². The zero-order chi connectivity index (χ0) is 15.1. The van der Waals surface area contributed by atoms with Crippen LogP contribution in [0, 0.1) is 6.92 Å². The van der Waals surface area contributed by atoms with E-state index >= 15 is 0 Å². The summed E-state index contributed by atoms with van der Waals surface area (Å²) in [4.78, 5) is 11.9. The number of amides is 1. The Labute approximate surface area is 128 Å². The number of hydrogen-bond donors (Lipinski definition) is 1. The van der Waals surface area contributed by atoms with Crippen LogP contribution in [0.1, 0.15) is 12.7 Å². The van der Waals surface area contributed by atoms with E-state index in [9.17, 15) is 4.79 Å². The van der Waals surface area contributed by atoms with Gasteiger partial charge in [-0.25, -0.2) is 0 Å². The highest BCUT2D eigenvalue weighted by molar-refractivity contribution is 8.00. The number of ether oxygens (including phenoxy) is 1.